The van der Waals surface area contributed by atoms with E-state index >= 15 is 0 Å². The van der Waals surface area contributed by atoms with Crippen LogP contribution < -0.4 is 10.6 Å². The second-order valence-electron chi connectivity index (χ2n) is 5.43. The molecular formula is C14H20ClFN2O. The molecule has 0 fully saturated rings. The molecule has 3 nitrogen and oxygen atoms in total. The van der Waals surface area contributed by atoms with Crippen molar-refractivity contribution in [3.8, 4) is 0 Å². The molecule has 0 aromatic heterocycles. The van der Waals surface area contributed by atoms with Gasteiger partial charge in [0.05, 0.1) is 0 Å². The lowest BCUT2D eigenvalue weighted by Gasteiger charge is -2.20. The van der Waals surface area contributed by atoms with Crippen LogP contribution in [-0.4, -0.2) is 18.0 Å². The van der Waals surface area contributed by atoms with Gasteiger partial charge < -0.3 is 10.6 Å². The lowest BCUT2D eigenvalue weighted by atomic mass is 10.1. The smallest absolute Gasteiger partial charge is 0.221 e. The number of halogens is 2. The fourth-order valence-electron chi connectivity index (χ4n) is 1.60. The Bertz CT molecular complexity index is 423. The van der Waals surface area contributed by atoms with Gasteiger partial charge in [-0.2, -0.15) is 0 Å². The number of rotatable bonds is 5. The maximum atomic E-state index is 13.5. The fourth-order valence-corrected chi connectivity index (χ4v) is 1.83. The lowest BCUT2D eigenvalue weighted by Crippen LogP contribution is -2.41. The summed E-state index contributed by atoms with van der Waals surface area (Å²) in [4.78, 5) is 11.6. The van der Waals surface area contributed by atoms with Gasteiger partial charge >= 0.3 is 0 Å². The van der Waals surface area contributed by atoms with E-state index in [0.717, 1.165) is 0 Å². The van der Waals surface area contributed by atoms with E-state index in [0.29, 0.717) is 30.1 Å². The Hall–Kier alpha value is -1.13. The zero-order valence-corrected chi connectivity index (χ0v) is 12.3. The predicted molar refractivity (Wildman–Crippen MR) is 75.6 cm³/mol. The van der Waals surface area contributed by atoms with Crippen molar-refractivity contribution in [3.05, 3.63) is 34.6 Å². The first-order chi connectivity index (χ1) is 8.79. The molecule has 0 saturated carbocycles. The van der Waals surface area contributed by atoms with Gasteiger partial charge in [0.25, 0.3) is 0 Å². The summed E-state index contributed by atoms with van der Waals surface area (Å²) in [5.74, 6) is -0.362. The van der Waals surface area contributed by atoms with Crippen LogP contribution in [0.15, 0.2) is 18.2 Å². The highest BCUT2D eigenvalue weighted by molar-refractivity contribution is 6.31. The van der Waals surface area contributed by atoms with Crippen molar-refractivity contribution in [1.82, 2.24) is 10.6 Å². The third-order valence-electron chi connectivity index (χ3n) is 2.41. The number of hydrogen-bond acceptors (Lipinski definition) is 2. The molecule has 0 spiro atoms. The van der Waals surface area contributed by atoms with E-state index in [4.69, 9.17) is 11.6 Å². The summed E-state index contributed by atoms with van der Waals surface area (Å²) in [5, 5.41) is 6.27. The van der Waals surface area contributed by atoms with Gasteiger partial charge in [-0.05, 0) is 32.9 Å². The minimum Gasteiger partial charge on any atom is -0.351 e. The van der Waals surface area contributed by atoms with E-state index in [1.807, 2.05) is 20.8 Å². The van der Waals surface area contributed by atoms with E-state index in [9.17, 15) is 9.18 Å². The van der Waals surface area contributed by atoms with Crippen molar-refractivity contribution < 1.29 is 9.18 Å². The normalized spacial score (nSPS) is 11.4. The molecule has 0 atom stereocenters. The quantitative estimate of drug-likeness (QED) is 0.817. The van der Waals surface area contributed by atoms with E-state index in [1.165, 1.54) is 6.07 Å². The Kier molecular flexibility index (Phi) is 5.76. The number of hydrogen-bond donors (Lipinski definition) is 2. The highest BCUT2D eigenvalue weighted by Gasteiger charge is 2.13. The summed E-state index contributed by atoms with van der Waals surface area (Å²) in [6, 6.07) is 4.58. The molecule has 0 saturated heterocycles. The zero-order chi connectivity index (χ0) is 14.5. The van der Waals surface area contributed by atoms with Gasteiger partial charge in [-0.3, -0.25) is 4.79 Å². The summed E-state index contributed by atoms with van der Waals surface area (Å²) < 4.78 is 13.5. The summed E-state index contributed by atoms with van der Waals surface area (Å²) >= 11 is 5.90. The minimum atomic E-state index is -0.334. The summed E-state index contributed by atoms with van der Waals surface area (Å²) in [7, 11) is 0. The molecule has 0 heterocycles. The first-order valence-electron chi connectivity index (χ1n) is 6.24. The van der Waals surface area contributed by atoms with Crippen LogP contribution in [0.25, 0.3) is 0 Å². The van der Waals surface area contributed by atoms with Gasteiger partial charge in [0.1, 0.15) is 5.82 Å². The predicted octanol–water partition coefficient (Wildman–Crippen LogP) is 2.87. The monoisotopic (exact) mass is 286 g/mol. The van der Waals surface area contributed by atoms with Crippen molar-refractivity contribution in [2.45, 2.75) is 39.3 Å². The first-order valence-corrected chi connectivity index (χ1v) is 6.62. The molecule has 5 heteroatoms. The van der Waals surface area contributed by atoms with Gasteiger partial charge in [-0.1, -0.05) is 17.7 Å². The van der Waals surface area contributed by atoms with Gasteiger partial charge in [-0.15, -0.1) is 0 Å². The minimum absolute atomic E-state index is 0.0281. The zero-order valence-electron chi connectivity index (χ0n) is 11.5. The fraction of sp³-hybridized carbons (Fsp3) is 0.500. The Morgan fingerprint density at radius 1 is 1.37 bits per heavy atom. The van der Waals surface area contributed by atoms with Gasteiger partial charge in [0, 0.05) is 35.6 Å². The highest BCUT2D eigenvalue weighted by Crippen LogP contribution is 2.18. The van der Waals surface area contributed by atoms with Crippen LogP contribution in [0.2, 0.25) is 5.02 Å². The highest BCUT2D eigenvalue weighted by atomic mass is 35.5. The summed E-state index contributed by atoms with van der Waals surface area (Å²) in [6.45, 7) is 6.58. The topological polar surface area (TPSA) is 41.1 Å². The van der Waals surface area contributed by atoms with Crippen molar-refractivity contribution in [1.29, 1.82) is 0 Å². The molecule has 1 amide bonds. The molecular weight excluding hydrogens is 267 g/mol. The average molecular weight is 287 g/mol. The first kappa shape index (κ1) is 15.9. The maximum absolute atomic E-state index is 13.5. The molecule has 1 aromatic carbocycles. The Balaban J connectivity index is 2.34. The third-order valence-corrected chi connectivity index (χ3v) is 2.76. The average Bonchev–Trinajstić information content (AvgIpc) is 2.25. The van der Waals surface area contributed by atoms with Crippen LogP contribution >= 0.6 is 11.6 Å². The van der Waals surface area contributed by atoms with Crippen LogP contribution in [0.5, 0.6) is 0 Å². The molecule has 1 rings (SSSR count). The van der Waals surface area contributed by atoms with Crippen LogP contribution in [0.4, 0.5) is 4.39 Å². The standard InChI is InChI=1S/C14H20ClFN2O/c1-14(2,3)18-13(19)7-8-17-9-10-11(15)5-4-6-12(10)16/h4-6,17H,7-9H2,1-3H3,(H,18,19). The van der Waals surface area contributed by atoms with E-state index in [-0.39, 0.29) is 17.3 Å². The van der Waals surface area contributed by atoms with Crippen molar-refractivity contribution in [2.24, 2.45) is 0 Å². The summed E-state index contributed by atoms with van der Waals surface area (Å²) in [5.41, 5.74) is 0.201. The SMILES string of the molecule is CC(C)(C)NC(=O)CCNCc1c(F)cccc1Cl. The van der Waals surface area contributed by atoms with Crippen LogP contribution in [0, 0.1) is 5.82 Å². The molecule has 0 aliphatic heterocycles. The maximum Gasteiger partial charge on any atom is 0.221 e. The third kappa shape index (κ3) is 6.03. The number of benzene rings is 1. The Labute approximate surface area is 118 Å². The summed E-state index contributed by atoms with van der Waals surface area (Å²) in [6.07, 6.45) is 0.351. The molecule has 0 unspecified atom stereocenters. The largest absolute Gasteiger partial charge is 0.351 e. The van der Waals surface area contributed by atoms with Crippen LogP contribution in [0.3, 0.4) is 0 Å². The molecule has 0 bridgehead atoms. The van der Waals surface area contributed by atoms with Crippen molar-refractivity contribution in [3.63, 3.8) is 0 Å². The van der Waals surface area contributed by atoms with E-state index in [1.54, 1.807) is 12.1 Å². The number of carbonyl (C=O) groups excluding carboxylic acids is 1. The lowest BCUT2D eigenvalue weighted by molar-refractivity contribution is -0.122. The van der Waals surface area contributed by atoms with Crippen LogP contribution in [0.1, 0.15) is 32.8 Å². The van der Waals surface area contributed by atoms with Gasteiger partial charge in [0.2, 0.25) is 5.91 Å². The van der Waals surface area contributed by atoms with E-state index < -0.39 is 0 Å². The molecule has 106 valence electrons. The number of carbonyl (C=O) groups is 1. The molecule has 0 radical (unpaired) electrons. The van der Waals surface area contributed by atoms with Crippen LogP contribution in [-0.2, 0) is 11.3 Å². The van der Waals surface area contributed by atoms with Crippen molar-refractivity contribution >= 4 is 17.5 Å². The Morgan fingerprint density at radius 3 is 2.63 bits per heavy atom. The number of amides is 1. The molecule has 19 heavy (non-hydrogen) atoms. The Morgan fingerprint density at radius 2 is 2.05 bits per heavy atom. The van der Waals surface area contributed by atoms with Crippen molar-refractivity contribution in [2.75, 3.05) is 6.54 Å². The molecule has 0 aliphatic carbocycles. The van der Waals surface area contributed by atoms with Gasteiger partial charge in [-0.25, -0.2) is 4.39 Å². The number of nitrogens with one attached hydrogen (secondary N) is 2. The molecule has 1 aromatic rings. The molecule has 2 N–H and O–H groups in total. The van der Waals surface area contributed by atoms with E-state index in [2.05, 4.69) is 10.6 Å². The second kappa shape index (κ2) is 6.87. The second-order valence-corrected chi connectivity index (χ2v) is 5.83. The molecule has 0 aliphatic rings. The van der Waals surface area contributed by atoms with Gasteiger partial charge in [0.15, 0.2) is 0 Å².